The summed E-state index contributed by atoms with van der Waals surface area (Å²) in [5.74, 6) is 0. The predicted octanol–water partition coefficient (Wildman–Crippen LogP) is -9.75. The van der Waals surface area contributed by atoms with Crippen LogP contribution < -0.4 is 0 Å². The zero-order valence-corrected chi connectivity index (χ0v) is 23.5. The first-order valence-electron chi connectivity index (χ1n) is 14.1. The van der Waals surface area contributed by atoms with Crippen LogP contribution in [0.3, 0.4) is 0 Å². The summed E-state index contributed by atoms with van der Waals surface area (Å²) in [6.07, 6.45) is -36.3. The van der Waals surface area contributed by atoms with E-state index >= 15 is 0 Å². The quantitative estimate of drug-likeness (QED) is 0.103. The van der Waals surface area contributed by atoms with Gasteiger partial charge in [0.25, 0.3) is 0 Å². The Morgan fingerprint density at radius 1 is 0.333 bits per heavy atom. The van der Waals surface area contributed by atoms with Crippen molar-refractivity contribution in [2.24, 2.45) is 0 Å². The predicted molar refractivity (Wildman–Crippen MR) is 134 cm³/mol. The van der Waals surface area contributed by atoms with E-state index in [0.29, 0.717) is 0 Å². The van der Waals surface area contributed by atoms with E-state index in [4.69, 9.17) is 33.2 Å². The second-order valence-electron chi connectivity index (χ2n) is 11.1. The highest BCUT2D eigenvalue weighted by Crippen LogP contribution is 2.34. The van der Waals surface area contributed by atoms with E-state index in [1.807, 2.05) is 0 Å². The maximum Gasteiger partial charge on any atom is 0.187 e. The van der Waals surface area contributed by atoms with Gasteiger partial charge >= 0.3 is 0 Å². The van der Waals surface area contributed by atoms with Crippen molar-refractivity contribution in [1.82, 2.24) is 0 Å². The van der Waals surface area contributed by atoms with Crippen molar-refractivity contribution >= 4 is 0 Å². The molecular weight excluding hydrogens is 624 g/mol. The van der Waals surface area contributed by atoms with Crippen LogP contribution in [0.5, 0.6) is 0 Å². The van der Waals surface area contributed by atoms with E-state index < -0.39 is 149 Å². The molecule has 4 aliphatic rings. The number of aliphatic hydroxyl groups is 14. The number of hydrogen-bond acceptors (Lipinski definition) is 21. The summed E-state index contributed by atoms with van der Waals surface area (Å²) in [5, 5.41) is 143. The largest absolute Gasteiger partial charge is 0.394 e. The van der Waals surface area contributed by atoms with Gasteiger partial charge in [0.2, 0.25) is 0 Å². The SMILES string of the molecule is OCC1OC(OC2C(O)C(CO)OC(OC3C(OC4C(O)OC(CO)C(O)C4O)OC(CO)C(O)C3O)C2O)C(O)C(O)C1O. The van der Waals surface area contributed by atoms with E-state index in [0.717, 1.165) is 0 Å². The van der Waals surface area contributed by atoms with Crippen LogP contribution in [0.4, 0.5) is 0 Å². The molecule has 0 saturated carbocycles. The van der Waals surface area contributed by atoms with Gasteiger partial charge in [0, 0.05) is 0 Å². The van der Waals surface area contributed by atoms with Gasteiger partial charge in [-0.1, -0.05) is 0 Å². The lowest BCUT2D eigenvalue weighted by atomic mass is 9.96. The van der Waals surface area contributed by atoms with Crippen molar-refractivity contribution in [2.45, 2.75) is 123 Å². The fourth-order valence-corrected chi connectivity index (χ4v) is 5.50. The molecule has 4 saturated heterocycles. The average molecular weight is 667 g/mol. The molecule has 21 nitrogen and oxygen atoms in total. The van der Waals surface area contributed by atoms with E-state index in [1.165, 1.54) is 0 Å². The van der Waals surface area contributed by atoms with Gasteiger partial charge in [-0.25, -0.2) is 0 Å². The van der Waals surface area contributed by atoms with Crippen molar-refractivity contribution in [1.29, 1.82) is 0 Å². The molecule has 21 heteroatoms. The van der Waals surface area contributed by atoms with Crippen LogP contribution in [-0.4, -0.2) is 221 Å². The lowest BCUT2D eigenvalue weighted by molar-refractivity contribution is -0.399. The Hall–Kier alpha value is -0.840. The van der Waals surface area contributed by atoms with Gasteiger partial charge in [-0.2, -0.15) is 0 Å². The molecular formula is C24H42O21. The molecule has 14 N–H and O–H groups in total. The van der Waals surface area contributed by atoms with Crippen molar-refractivity contribution in [2.75, 3.05) is 26.4 Å². The molecule has 0 spiro atoms. The maximum atomic E-state index is 11.1. The topological polar surface area (TPSA) is 348 Å². The minimum absolute atomic E-state index is 0.785. The minimum atomic E-state index is -2.07. The molecule has 4 aliphatic heterocycles. The highest BCUT2D eigenvalue weighted by Gasteiger charge is 2.55. The minimum Gasteiger partial charge on any atom is -0.394 e. The standard InChI is InChI=1S/C24H42O21/c25-1-5-10(30)14(34)19(21(38)39-5)44-24-20(15(35)11(31)7(3-27)42-24)45-23-17(37)18(12(32)8(4-28)41-23)43-22-16(36)13(33)9(29)6(2-26)40-22/h5-38H,1-4H2. The second kappa shape index (κ2) is 15.6. The third-order valence-corrected chi connectivity index (χ3v) is 8.21. The van der Waals surface area contributed by atoms with Crippen molar-refractivity contribution in [3.63, 3.8) is 0 Å². The number of rotatable bonds is 10. The lowest BCUT2D eigenvalue weighted by Gasteiger charge is -2.49. The molecule has 0 aromatic carbocycles. The molecule has 20 atom stereocenters. The van der Waals surface area contributed by atoms with E-state index in [9.17, 15) is 71.5 Å². The average Bonchev–Trinajstić information content (AvgIpc) is 3.03. The Kier molecular flexibility index (Phi) is 12.8. The normalized spacial score (nSPS) is 52.9. The number of hydrogen-bond donors (Lipinski definition) is 14. The van der Waals surface area contributed by atoms with Crippen LogP contribution in [0.15, 0.2) is 0 Å². The summed E-state index contributed by atoms with van der Waals surface area (Å²) in [6, 6.07) is 0. The Bertz CT molecular complexity index is 916. The van der Waals surface area contributed by atoms with E-state index in [1.54, 1.807) is 0 Å². The van der Waals surface area contributed by atoms with Gasteiger partial charge in [-0.05, 0) is 0 Å². The highest BCUT2D eigenvalue weighted by molar-refractivity contribution is 4.97. The molecule has 0 aliphatic carbocycles. The first kappa shape index (κ1) is 37.0. The molecule has 20 unspecified atom stereocenters. The summed E-state index contributed by atoms with van der Waals surface area (Å²) in [4.78, 5) is 0. The van der Waals surface area contributed by atoms with E-state index in [2.05, 4.69) is 0 Å². The fraction of sp³-hybridized carbons (Fsp3) is 1.00. The third kappa shape index (κ3) is 7.44. The highest BCUT2D eigenvalue weighted by atomic mass is 16.8. The summed E-state index contributed by atoms with van der Waals surface area (Å²) in [6.45, 7) is -3.39. The molecule has 4 fully saturated rings. The molecule has 264 valence electrons. The van der Waals surface area contributed by atoms with Gasteiger partial charge in [-0.3, -0.25) is 0 Å². The van der Waals surface area contributed by atoms with Crippen LogP contribution in [0.1, 0.15) is 0 Å². The van der Waals surface area contributed by atoms with Crippen molar-refractivity contribution < 1.29 is 105 Å². The molecule has 0 radical (unpaired) electrons. The monoisotopic (exact) mass is 666 g/mol. The van der Waals surface area contributed by atoms with Gasteiger partial charge in [0.15, 0.2) is 25.2 Å². The van der Waals surface area contributed by atoms with Crippen LogP contribution in [-0.2, 0) is 33.2 Å². The molecule has 45 heavy (non-hydrogen) atoms. The van der Waals surface area contributed by atoms with Crippen LogP contribution in [0, 0.1) is 0 Å². The molecule has 4 rings (SSSR count). The van der Waals surface area contributed by atoms with Crippen LogP contribution in [0.25, 0.3) is 0 Å². The number of aliphatic hydroxyl groups excluding tert-OH is 14. The molecule has 0 bridgehead atoms. The summed E-state index contributed by atoms with van der Waals surface area (Å²) in [5.41, 5.74) is 0. The summed E-state index contributed by atoms with van der Waals surface area (Å²) < 4.78 is 37.9. The second-order valence-corrected chi connectivity index (χ2v) is 11.1. The lowest BCUT2D eigenvalue weighted by Crippen LogP contribution is -2.67. The zero-order chi connectivity index (χ0) is 33.3. The van der Waals surface area contributed by atoms with Gasteiger partial charge in [-0.15, -0.1) is 0 Å². The van der Waals surface area contributed by atoms with Crippen LogP contribution in [0.2, 0.25) is 0 Å². The van der Waals surface area contributed by atoms with Gasteiger partial charge in [0.1, 0.15) is 97.7 Å². The fourth-order valence-electron chi connectivity index (χ4n) is 5.50. The molecule has 0 amide bonds. The Morgan fingerprint density at radius 3 is 1.24 bits per heavy atom. The summed E-state index contributed by atoms with van der Waals surface area (Å²) in [7, 11) is 0. The smallest absolute Gasteiger partial charge is 0.187 e. The third-order valence-electron chi connectivity index (χ3n) is 8.21. The van der Waals surface area contributed by atoms with Crippen LogP contribution >= 0.6 is 0 Å². The van der Waals surface area contributed by atoms with E-state index in [-0.39, 0.29) is 0 Å². The van der Waals surface area contributed by atoms with Crippen molar-refractivity contribution in [3.8, 4) is 0 Å². The van der Waals surface area contributed by atoms with Gasteiger partial charge < -0.3 is 105 Å². The zero-order valence-electron chi connectivity index (χ0n) is 23.5. The van der Waals surface area contributed by atoms with Gasteiger partial charge in [0.05, 0.1) is 26.4 Å². The van der Waals surface area contributed by atoms with Crippen molar-refractivity contribution in [3.05, 3.63) is 0 Å². The Morgan fingerprint density at radius 2 is 0.711 bits per heavy atom. The molecule has 0 aromatic heterocycles. The molecule has 0 aromatic rings. The Balaban J connectivity index is 1.56. The molecule has 4 heterocycles. The Labute approximate surface area is 254 Å². The first-order valence-corrected chi connectivity index (χ1v) is 14.1. The first-order chi connectivity index (χ1) is 21.3. The summed E-state index contributed by atoms with van der Waals surface area (Å²) >= 11 is 0. The number of ether oxygens (including phenoxy) is 7. The maximum absolute atomic E-state index is 11.1.